The molecule has 0 aliphatic carbocycles. The third-order valence-corrected chi connectivity index (χ3v) is 4.99. The molecule has 0 N–H and O–H groups in total. The third-order valence-electron chi connectivity index (χ3n) is 3.88. The van der Waals surface area contributed by atoms with Gasteiger partial charge in [0.15, 0.2) is 4.80 Å². The molecule has 4 nitrogen and oxygen atoms in total. The Balaban J connectivity index is 1.77. The molecule has 110 valence electrons. The second-order valence-electron chi connectivity index (χ2n) is 5.30. The molecule has 4 rings (SSSR count). The van der Waals surface area contributed by atoms with Crippen LogP contribution in [0.5, 0.6) is 0 Å². The Kier molecular flexibility index (Phi) is 3.17. The number of rotatable bonds is 1. The van der Waals surface area contributed by atoms with Crippen LogP contribution in [0.15, 0.2) is 47.5 Å². The quantitative estimate of drug-likeness (QED) is 0.693. The van der Waals surface area contributed by atoms with Crippen LogP contribution < -0.4 is 4.80 Å². The lowest BCUT2D eigenvalue weighted by Gasteiger charge is -1.99. The van der Waals surface area contributed by atoms with Crippen LogP contribution in [-0.2, 0) is 25.0 Å². The average molecular weight is 310 g/mol. The first-order chi connectivity index (χ1) is 10.7. The second kappa shape index (κ2) is 5.19. The number of para-hydroxylation sites is 1. The monoisotopic (exact) mass is 310 g/mol. The van der Waals surface area contributed by atoms with E-state index in [0.717, 1.165) is 21.3 Å². The fraction of sp³-hybridized carbons (Fsp3) is 0.176. The van der Waals surface area contributed by atoms with Gasteiger partial charge in [0.1, 0.15) is 0 Å². The van der Waals surface area contributed by atoms with Crippen LogP contribution in [0.3, 0.4) is 0 Å². The summed E-state index contributed by atoms with van der Waals surface area (Å²) in [6.07, 6.45) is 0. The van der Waals surface area contributed by atoms with Crippen LogP contribution in [0.4, 0.5) is 0 Å². The molecule has 22 heavy (non-hydrogen) atoms. The maximum absolute atomic E-state index is 12.4. The van der Waals surface area contributed by atoms with E-state index >= 15 is 0 Å². The Morgan fingerprint density at radius 2 is 2.00 bits per heavy atom. The Morgan fingerprint density at radius 1 is 1.18 bits per heavy atom. The van der Waals surface area contributed by atoms with E-state index in [4.69, 9.17) is 4.74 Å². The standard InChI is InChI=1S/C17H14N2O2S/c1-19-14-4-2-3-5-15(14)22-17(19)18-16(20)11-6-7-12-9-21-10-13(12)8-11/h2-8H,9-10H2,1H3. The first-order valence-corrected chi connectivity index (χ1v) is 7.87. The van der Waals surface area contributed by atoms with Crippen LogP contribution in [0.2, 0.25) is 0 Å². The summed E-state index contributed by atoms with van der Waals surface area (Å²) in [6.45, 7) is 1.21. The van der Waals surface area contributed by atoms with E-state index < -0.39 is 0 Å². The number of hydrogen-bond acceptors (Lipinski definition) is 3. The molecule has 5 heteroatoms. The van der Waals surface area contributed by atoms with Crippen LogP contribution >= 0.6 is 11.3 Å². The molecular weight excluding hydrogens is 296 g/mol. The highest BCUT2D eigenvalue weighted by molar-refractivity contribution is 7.16. The number of fused-ring (bicyclic) bond motifs is 2. The van der Waals surface area contributed by atoms with Gasteiger partial charge in [-0.05, 0) is 35.4 Å². The van der Waals surface area contributed by atoms with Crippen molar-refractivity contribution in [3.63, 3.8) is 0 Å². The number of benzene rings is 2. The molecule has 1 aromatic heterocycles. The summed E-state index contributed by atoms with van der Waals surface area (Å²) in [5.74, 6) is -0.211. The zero-order valence-corrected chi connectivity index (χ0v) is 12.9. The molecule has 0 radical (unpaired) electrons. The molecule has 1 aliphatic rings. The molecule has 0 bridgehead atoms. The molecule has 3 aromatic rings. The maximum Gasteiger partial charge on any atom is 0.279 e. The van der Waals surface area contributed by atoms with Gasteiger partial charge in [-0.3, -0.25) is 4.79 Å². The number of amides is 1. The second-order valence-corrected chi connectivity index (χ2v) is 6.31. The minimum Gasteiger partial charge on any atom is -0.372 e. The number of aromatic nitrogens is 1. The van der Waals surface area contributed by atoms with Crippen molar-refractivity contribution < 1.29 is 9.53 Å². The van der Waals surface area contributed by atoms with E-state index in [0.29, 0.717) is 23.6 Å². The highest BCUT2D eigenvalue weighted by Gasteiger charge is 2.14. The largest absolute Gasteiger partial charge is 0.372 e. The van der Waals surface area contributed by atoms with Gasteiger partial charge in [-0.15, -0.1) is 0 Å². The molecule has 0 unspecified atom stereocenters. The van der Waals surface area contributed by atoms with E-state index in [9.17, 15) is 4.79 Å². The van der Waals surface area contributed by atoms with E-state index in [1.807, 2.05) is 54.1 Å². The van der Waals surface area contributed by atoms with Gasteiger partial charge < -0.3 is 9.30 Å². The van der Waals surface area contributed by atoms with Crippen molar-refractivity contribution in [2.75, 3.05) is 0 Å². The van der Waals surface area contributed by atoms with Gasteiger partial charge in [0.2, 0.25) is 0 Å². The van der Waals surface area contributed by atoms with Gasteiger partial charge in [0.05, 0.1) is 23.4 Å². The minimum absolute atomic E-state index is 0.211. The van der Waals surface area contributed by atoms with Crippen molar-refractivity contribution in [3.8, 4) is 0 Å². The number of carbonyl (C=O) groups is 1. The minimum atomic E-state index is -0.211. The van der Waals surface area contributed by atoms with Crippen LogP contribution in [-0.4, -0.2) is 10.5 Å². The summed E-state index contributed by atoms with van der Waals surface area (Å²) < 4.78 is 8.46. The van der Waals surface area contributed by atoms with Gasteiger partial charge in [-0.2, -0.15) is 4.99 Å². The smallest absolute Gasteiger partial charge is 0.279 e. The molecule has 0 saturated heterocycles. The van der Waals surface area contributed by atoms with Gasteiger partial charge in [-0.25, -0.2) is 0 Å². The average Bonchev–Trinajstić information content (AvgIpc) is 3.12. The predicted octanol–water partition coefficient (Wildman–Crippen LogP) is 3.01. The third kappa shape index (κ3) is 2.19. The first kappa shape index (κ1) is 13.4. The molecular formula is C17H14N2O2S. The molecule has 0 spiro atoms. The molecule has 1 aliphatic heterocycles. The van der Waals surface area contributed by atoms with Crippen molar-refractivity contribution in [2.45, 2.75) is 13.2 Å². The summed E-state index contributed by atoms with van der Waals surface area (Å²) in [6, 6.07) is 13.7. The number of thiazole rings is 1. The van der Waals surface area contributed by atoms with Gasteiger partial charge >= 0.3 is 0 Å². The molecule has 0 saturated carbocycles. The van der Waals surface area contributed by atoms with E-state index in [-0.39, 0.29) is 5.91 Å². The van der Waals surface area contributed by atoms with E-state index in [2.05, 4.69) is 4.99 Å². The Labute approximate surface area is 131 Å². The van der Waals surface area contributed by atoms with Crippen molar-refractivity contribution in [1.82, 2.24) is 4.57 Å². The number of aryl methyl sites for hydroxylation is 1. The van der Waals surface area contributed by atoms with E-state index in [1.165, 1.54) is 11.3 Å². The lowest BCUT2D eigenvalue weighted by molar-refractivity contribution is 0.0997. The Morgan fingerprint density at radius 3 is 2.86 bits per heavy atom. The van der Waals surface area contributed by atoms with Crippen LogP contribution in [0.1, 0.15) is 21.5 Å². The van der Waals surface area contributed by atoms with Gasteiger partial charge in [0, 0.05) is 12.6 Å². The van der Waals surface area contributed by atoms with Crippen LogP contribution in [0, 0.1) is 0 Å². The molecule has 0 atom stereocenters. The SMILES string of the molecule is Cn1c(=NC(=O)c2ccc3c(c2)COC3)sc2ccccc21. The molecule has 2 heterocycles. The molecule has 2 aromatic carbocycles. The highest BCUT2D eigenvalue weighted by Crippen LogP contribution is 2.21. The zero-order valence-electron chi connectivity index (χ0n) is 12.1. The fourth-order valence-corrected chi connectivity index (χ4v) is 3.66. The summed E-state index contributed by atoms with van der Waals surface area (Å²) in [7, 11) is 1.93. The number of carbonyl (C=O) groups excluding carboxylic acids is 1. The predicted molar refractivity (Wildman–Crippen MR) is 85.6 cm³/mol. The number of hydrogen-bond donors (Lipinski definition) is 0. The van der Waals surface area contributed by atoms with Gasteiger partial charge in [-0.1, -0.05) is 29.5 Å². The molecule has 1 amide bonds. The van der Waals surface area contributed by atoms with Crippen molar-refractivity contribution in [2.24, 2.45) is 12.0 Å². The lowest BCUT2D eigenvalue weighted by atomic mass is 10.1. The summed E-state index contributed by atoms with van der Waals surface area (Å²) in [4.78, 5) is 17.4. The number of nitrogens with zero attached hydrogens (tertiary/aromatic N) is 2. The van der Waals surface area contributed by atoms with Crippen LogP contribution in [0.25, 0.3) is 10.2 Å². The Hall–Kier alpha value is -2.24. The van der Waals surface area contributed by atoms with Crippen molar-refractivity contribution >= 4 is 27.5 Å². The topological polar surface area (TPSA) is 43.6 Å². The highest BCUT2D eigenvalue weighted by atomic mass is 32.1. The summed E-state index contributed by atoms with van der Waals surface area (Å²) in [5.41, 5.74) is 3.94. The molecule has 0 fully saturated rings. The first-order valence-electron chi connectivity index (χ1n) is 7.05. The van der Waals surface area contributed by atoms with Gasteiger partial charge in [0.25, 0.3) is 5.91 Å². The fourth-order valence-electron chi connectivity index (χ4n) is 2.64. The van der Waals surface area contributed by atoms with E-state index in [1.54, 1.807) is 0 Å². The van der Waals surface area contributed by atoms with Crippen molar-refractivity contribution in [3.05, 3.63) is 64.0 Å². The maximum atomic E-state index is 12.4. The van der Waals surface area contributed by atoms with Crippen molar-refractivity contribution in [1.29, 1.82) is 0 Å². The zero-order chi connectivity index (χ0) is 15.1. The lowest BCUT2D eigenvalue weighted by Crippen LogP contribution is -2.13. The summed E-state index contributed by atoms with van der Waals surface area (Å²) >= 11 is 1.52. The normalized spacial score (nSPS) is 14.5. The number of ether oxygens (including phenoxy) is 1. The summed E-state index contributed by atoms with van der Waals surface area (Å²) in [5, 5.41) is 0. The Bertz CT molecular complexity index is 953.